The van der Waals surface area contributed by atoms with Crippen molar-refractivity contribution in [2.24, 2.45) is 0 Å². The maximum absolute atomic E-state index is 5.65. The van der Waals surface area contributed by atoms with Gasteiger partial charge in [0.05, 0.1) is 0 Å². The van der Waals surface area contributed by atoms with E-state index in [1.54, 1.807) is 6.08 Å². The molecule has 0 fully saturated rings. The maximum atomic E-state index is 5.65. The third-order valence-electron chi connectivity index (χ3n) is 2.42. The van der Waals surface area contributed by atoms with Crippen molar-refractivity contribution in [1.82, 2.24) is 0 Å². The Kier molecular flexibility index (Phi) is 3.89. The molecule has 1 nitrogen and oxygen atoms in total. The van der Waals surface area contributed by atoms with Crippen molar-refractivity contribution in [1.29, 1.82) is 0 Å². The maximum Gasteiger partial charge on any atom is 0.128 e. The zero-order chi connectivity index (χ0) is 12.1. The van der Waals surface area contributed by atoms with Gasteiger partial charge in [-0.25, -0.2) is 0 Å². The smallest absolute Gasteiger partial charge is 0.128 e. The molecule has 0 aromatic heterocycles. The van der Waals surface area contributed by atoms with Crippen molar-refractivity contribution >= 4 is 12.6 Å². The van der Waals surface area contributed by atoms with Crippen molar-refractivity contribution in [2.75, 3.05) is 6.61 Å². The molecule has 86 valence electrons. The fraction of sp³-hybridized carbons (Fsp3) is 0.0667. The number of hydrogen-bond donors (Lipinski definition) is 1. The minimum atomic E-state index is 0.497. The molecule has 0 unspecified atom stereocenters. The van der Waals surface area contributed by atoms with Crippen molar-refractivity contribution in [3.05, 3.63) is 61.2 Å². The molecular weight excluding hydrogens is 228 g/mol. The van der Waals surface area contributed by atoms with E-state index in [2.05, 4.69) is 31.3 Å². The van der Waals surface area contributed by atoms with Crippen molar-refractivity contribution < 1.29 is 4.74 Å². The van der Waals surface area contributed by atoms with Crippen molar-refractivity contribution in [3.63, 3.8) is 0 Å². The van der Waals surface area contributed by atoms with Crippen LogP contribution < -0.4 is 4.74 Å². The quantitative estimate of drug-likeness (QED) is 0.624. The average Bonchev–Trinajstić information content (AvgIpc) is 2.37. The molecule has 0 aliphatic rings. The monoisotopic (exact) mass is 242 g/mol. The first-order valence-corrected chi connectivity index (χ1v) is 5.88. The number of benzene rings is 2. The molecule has 0 aliphatic carbocycles. The number of rotatable bonds is 4. The van der Waals surface area contributed by atoms with Gasteiger partial charge in [-0.3, -0.25) is 0 Å². The van der Waals surface area contributed by atoms with Gasteiger partial charge in [-0.2, -0.15) is 0 Å². The third-order valence-corrected chi connectivity index (χ3v) is 2.80. The Hall–Kier alpha value is -1.67. The highest BCUT2D eigenvalue weighted by molar-refractivity contribution is 7.80. The Morgan fingerprint density at radius 2 is 1.82 bits per heavy atom. The lowest BCUT2D eigenvalue weighted by Crippen LogP contribution is -1.95. The van der Waals surface area contributed by atoms with Crippen LogP contribution in [0.2, 0.25) is 0 Å². The lowest BCUT2D eigenvalue weighted by Gasteiger charge is -2.12. The standard InChI is InChI=1S/C15H14OS/c1-2-11-16-13-9-6-10-14(17)15(13)12-7-4-3-5-8-12/h2-10,17H,1,11H2. The topological polar surface area (TPSA) is 9.23 Å². The molecule has 2 aromatic rings. The van der Waals surface area contributed by atoms with Gasteiger partial charge >= 0.3 is 0 Å². The van der Waals surface area contributed by atoms with E-state index in [0.29, 0.717) is 6.61 Å². The fourth-order valence-corrected chi connectivity index (χ4v) is 2.01. The fourth-order valence-electron chi connectivity index (χ4n) is 1.68. The first-order valence-electron chi connectivity index (χ1n) is 5.44. The Labute approximate surface area is 107 Å². The van der Waals surface area contributed by atoms with Crippen LogP contribution in [0.4, 0.5) is 0 Å². The van der Waals surface area contributed by atoms with Gasteiger partial charge in [0.1, 0.15) is 12.4 Å². The van der Waals surface area contributed by atoms with Gasteiger partial charge in [-0.05, 0) is 17.7 Å². The highest BCUT2D eigenvalue weighted by atomic mass is 32.1. The van der Waals surface area contributed by atoms with Crippen LogP contribution >= 0.6 is 12.6 Å². The molecule has 2 rings (SSSR count). The second-order valence-corrected chi connectivity index (χ2v) is 4.10. The predicted octanol–water partition coefficient (Wildman–Crippen LogP) is 4.21. The van der Waals surface area contributed by atoms with Crippen LogP contribution in [0.3, 0.4) is 0 Å². The van der Waals surface area contributed by atoms with Crippen LogP contribution in [-0.2, 0) is 0 Å². The summed E-state index contributed by atoms with van der Waals surface area (Å²) < 4.78 is 5.65. The van der Waals surface area contributed by atoms with Crippen LogP contribution in [0, 0.1) is 0 Å². The Morgan fingerprint density at radius 1 is 1.06 bits per heavy atom. The Morgan fingerprint density at radius 3 is 2.53 bits per heavy atom. The molecule has 17 heavy (non-hydrogen) atoms. The lowest BCUT2D eigenvalue weighted by atomic mass is 10.0. The summed E-state index contributed by atoms with van der Waals surface area (Å²) in [7, 11) is 0. The summed E-state index contributed by atoms with van der Waals surface area (Å²) in [6, 6.07) is 16.0. The predicted molar refractivity (Wildman–Crippen MR) is 74.8 cm³/mol. The highest BCUT2D eigenvalue weighted by Crippen LogP contribution is 2.35. The molecular formula is C15H14OS. The van der Waals surface area contributed by atoms with Crippen LogP contribution in [0.15, 0.2) is 66.1 Å². The molecule has 0 radical (unpaired) electrons. The van der Waals surface area contributed by atoms with Crippen LogP contribution in [-0.4, -0.2) is 6.61 Å². The summed E-state index contributed by atoms with van der Waals surface area (Å²) >= 11 is 4.50. The van der Waals surface area contributed by atoms with E-state index in [9.17, 15) is 0 Å². The van der Waals surface area contributed by atoms with Gasteiger partial charge in [-0.1, -0.05) is 49.1 Å². The van der Waals surface area contributed by atoms with Crippen LogP contribution in [0.1, 0.15) is 0 Å². The molecule has 2 aromatic carbocycles. The van der Waals surface area contributed by atoms with Gasteiger partial charge in [-0.15, -0.1) is 12.6 Å². The zero-order valence-electron chi connectivity index (χ0n) is 9.47. The van der Waals surface area contributed by atoms with Gasteiger partial charge in [0.2, 0.25) is 0 Å². The first-order chi connectivity index (χ1) is 8.33. The molecule has 0 heterocycles. The van der Waals surface area contributed by atoms with Gasteiger partial charge < -0.3 is 4.74 Å². The summed E-state index contributed by atoms with van der Waals surface area (Å²) in [5.74, 6) is 0.837. The molecule has 0 saturated carbocycles. The summed E-state index contributed by atoms with van der Waals surface area (Å²) in [6.07, 6.45) is 1.74. The lowest BCUT2D eigenvalue weighted by molar-refractivity contribution is 0.364. The van der Waals surface area contributed by atoms with E-state index < -0.39 is 0 Å². The van der Waals surface area contributed by atoms with Crippen LogP contribution in [0.25, 0.3) is 11.1 Å². The largest absolute Gasteiger partial charge is 0.489 e. The number of thiol groups is 1. The Balaban J connectivity index is 2.47. The summed E-state index contributed by atoms with van der Waals surface area (Å²) in [5, 5.41) is 0. The van der Waals surface area contributed by atoms with Gasteiger partial charge in [0, 0.05) is 10.5 Å². The van der Waals surface area contributed by atoms with Gasteiger partial charge in [0.15, 0.2) is 0 Å². The van der Waals surface area contributed by atoms with E-state index in [0.717, 1.165) is 21.8 Å². The average molecular weight is 242 g/mol. The third kappa shape index (κ3) is 2.71. The Bertz CT molecular complexity index is 506. The van der Waals surface area contributed by atoms with E-state index in [-0.39, 0.29) is 0 Å². The molecule has 0 aliphatic heterocycles. The first kappa shape index (κ1) is 11.8. The second kappa shape index (κ2) is 5.60. The molecule has 0 atom stereocenters. The molecule has 0 bridgehead atoms. The molecule has 0 saturated heterocycles. The van der Waals surface area contributed by atoms with E-state index in [1.165, 1.54) is 0 Å². The van der Waals surface area contributed by atoms with E-state index in [1.807, 2.05) is 36.4 Å². The highest BCUT2D eigenvalue weighted by Gasteiger charge is 2.08. The van der Waals surface area contributed by atoms with E-state index in [4.69, 9.17) is 4.74 Å². The number of ether oxygens (including phenoxy) is 1. The van der Waals surface area contributed by atoms with E-state index >= 15 is 0 Å². The molecule has 0 spiro atoms. The number of hydrogen-bond acceptors (Lipinski definition) is 2. The normalized spacial score (nSPS) is 9.94. The molecule has 0 amide bonds. The minimum absolute atomic E-state index is 0.497. The van der Waals surface area contributed by atoms with Crippen molar-refractivity contribution in [2.45, 2.75) is 4.90 Å². The summed E-state index contributed by atoms with van der Waals surface area (Å²) in [5.41, 5.74) is 2.13. The van der Waals surface area contributed by atoms with Crippen LogP contribution in [0.5, 0.6) is 5.75 Å². The molecule has 2 heteroatoms. The van der Waals surface area contributed by atoms with Gasteiger partial charge in [0.25, 0.3) is 0 Å². The summed E-state index contributed by atoms with van der Waals surface area (Å²) in [6.45, 7) is 4.15. The van der Waals surface area contributed by atoms with Crippen molar-refractivity contribution in [3.8, 4) is 16.9 Å². The summed E-state index contributed by atoms with van der Waals surface area (Å²) in [4.78, 5) is 0.915. The SMILES string of the molecule is C=CCOc1cccc(S)c1-c1ccccc1. The molecule has 0 N–H and O–H groups in total. The zero-order valence-corrected chi connectivity index (χ0v) is 10.4. The minimum Gasteiger partial charge on any atom is -0.489 e. The second-order valence-electron chi connectivity index (χ2n) is 3.62.